The number of carbonyl (C=O) groups excluding carboxylic acids is 1. The van der Waals surface area contributed by atoms with Gasteiger partial charge < -0.3 is 5.73 Å². The lowest BCUT2D eigenvalue weighted by Gasteiger charge is -1.80. The lowest BCUT2D eigenvalue weighted by Crippen LogP contribution is -2.07. The number of rotatable bonds is 1. The molecule has 0 bridgehead atoms. The van der Waals surface area contributed by atoms with Crippen LogP contribution >= 0.6 is 15.7 Å². The fourth-order valence-corrected chi connectivity index (χ4v) is 2.67. The smallest absolute Gasteiger partial charge is 0.253 e. The highest BCUT2D eigenvalue weighted by atomic mass is 31.8. The molecule has 2 nitrogen and oxygen atoms in total. The van der Waals surface area contributed by atoms with E-state index in [9.17, 15) is 4.79 Å². The van der Waals surface area contributed by atoms with E-state index in [4.69, 9.17) is 5.73 Å². The summed E-state index contributed by atoms with van der Waals surface area (Å²) in [5.41, 5.74) is 4.97. The zero-order valence-corrected chi connectivity index (χ0v) is 5.98. The highest BCUT2D eigenvalue weighted by Gasteiger charge is 1.96. The van der Waals surface area contributed by atoms with Gasteiger partial charge in [-0.1, -0.05) is 0 Å². The van der Waals surface area contributed by atoms with Gasteiger partial charge in [-0.2, -0.15) is 0 Å². The molecular formula is C4H5NOP2. The van der Waals surface area contributed by atoms with Crippen molar-refractivity contribution >= 4 is 21.6 Å². The van der Waals surface area contributed by atoms with Crippen LogP contribution < -0.4 is 5.73 Å². The van der Waals surface area contributed by atoms with Crippen molar-refractivity contribution in [2.45, 2.75) is 0 Å². The maximum absolute atomic E-state index is 10.3. The Morgan fingerprint density at radius 1 is 1.88 bits per heavy atom. The van der Waals surface area contributed by atoms with Crippen LogP contribution in [0.2, 0.25) is 0 Å². The summed E-state index contributed by atoms with van der Waals surface area (Å²) in [5, 5.41) is 0.739. The summed E-state index contributed by atoms with van der Waals surface area (Å²) in [6, 6.07) is 1.79. The Hall–Kier alpha value is -0.320. The second kappa shape index (κ2) is 2.30. The normalized spacial score (nSPS) is 11.0. The van der Waals surface area contributed by atoms with E-state index >= 15 is 0 Å². The zero-order valence-electron chi connectivity index (χ0n) is 4.09. The highest BCUT2D eigenvalue weighted by molar-refractivity contribution is 7.91. The molecule has 42 valence electrons. The zero-order chi connectivity index (χ0) is 5.98. The largest absolute Gasteiger partial charge is 0.365 e. The summed E-state index contributed by atoms with van der Waals surface area (Å²) < 4.78 is 0. The second-order valence-electron chi connectivity index (χ2n) is 1.32. The molecule has 0 fully saturated rings. The standard InChI is InChI=1S/C4H5NOP2/c5-4(6)3-1-2-7-8-3/h1-2,7H,(H2,5,6). The first-order chi connectivity index (χ1) is 3.80. The second-order valence-corrected chi connectivity index (χ2v) is 4.07. The summed E-state index contributed by atoms with van der Waals surface area (Å²) in [6.07, 6.45) is 0. The van der Waals surface area contributed by atoms with Crippen LogP contribution in [0.15, 0.2) is 11.9 Å². The Kier molecular flexibility index (Phi) is 1.67. The molecule has 0 saturated carbocycles. The third-order valence-corrected chi connectivity index (χ3v) is 3.37. The Morgan fingerprint density at radius 2 is 2.62 bits per heavy atom. The Bertz CT molecular complexity index is 182. The van der Waals surface area contributed by atoms with Gasteiger partial charge in [0.15, 0.2) is 0 Å². The van der Waals surface area contributed by atoms with Crippen molar-refractivity contribution in [1.29, 1.82) is 0 Å². The van der Waals surface area contributed by atoms with E-state index in [1.165, 1.54) is 0 Å². The van der Waals surface area contributed by atoms with Crippen LogP contribution in [0.3, 0.4) is 0 Å². The van der Waals surface area contributed by atoms with Gasteiger partial charge in [-0.15, -0.1) is 7.87 Å². The third-order valence-electron chi connectivity index (χ3n) is 0.753. The molecule has 0 aliphatic carbocycles. The van der Waals surface area contributed by atoms with E-state index in [1.54, 1.807) is 6.07 Å². The first-order valence-electron chi connectivity index (χ1n) is 2.10. The van der Waals surface area contributed by atoms with Crippen LogP contribution in [0.1, 0.15) is 10.1 Å². The van der Waals surface area contributed by atoms with Crippen LogP contribution in [0, 0.1) is 0 Å². The van der Waals surface area contributed by atoms with E-state index in [0.717, 1.165) is 21.0 Å². The van der Waals surface area contributed by atoms with Crippen molar-refractivity contribution < 1.29 is 4.79 Å². The molecule has 1 heterocycles. The maximum atomic E-state index is 10.3. The highest BCUT2D eigenvalue weighted by Crippen LogP contribution is 2.25. The molecule has 1 atom stereocenters. The van der Waals surface area contributed by atoms with Crippen molar-refractivity contribution in [3.8, 4) is 0 Å². The number of hydrogen-bond acceptors (Lipinski definition) is 1. The van der Waals surface area contributed by atoms with Crippen molar-refractivity contribution in [3.63, 3.8) is 0 Å². The topological polar surface area (TPSA) is 43.1 Å². The number of nitrogens with two attached hydrogens (primary N) is 1. The summed E-state index contributed by atoms with van der Waals surface area (Å²) in [5.74, 6) is 1.69. The molecule has 1 rings (SSSR count). The summed E-state index contributed by atoms with van der Waals surface area (Å²) in [6.45, 7) is 0. The van der Waals surface area contributed by atoms with Gasteiger partial charge in [-0.3, -0.25) is 4.79 Å². The van der Waals surface area contributed by atoms with Gasteiger partial charge in [-0.25, -0.2) is 0 Å². The van der Waals surface area contributed by atoms with E-state index < -0.39 is 0 Å². The molecule has 1 amide bonds. The van der Waals surface area contributed by atoms with E-state index in [0.29, 0.717) is 0 Å². The minimum absolute atomic E-state index is 0.284. The van der Waals surface area contributed by atoms with Gasteiger partial charge in [0.1, 0.15) is 0 Å². The SMILES string of the molecule is NC(=O)c1cc[pH]p1. The number of carbonyl (C=O) groups is 1. The van der Waals surface area contributed by atoms with Gasteiger partial charge in [0.2, 0.25) is 0 Å². The molecule has 0 spiro atoms. The maximum Gasteiger partial charge on any atom is 0.253 e. The fourth-order valence-electron chi connectivity index (χ4n) is 0.398. The predicted octanol–water partition coefficient (Wildman–Crippen LogP) is 1.40. The van der Waals surface area contributed by atoms with Gasteiger partial charge in [-0.05, 0) is 19.7 Å². The van der Waals surface area contributed by atoms with Crippen LogP contribution in [-0.4, -0.2) is 5.91 Å². The molecule has 1 unspecified atom stereocenters. The van der Waals surface area contributed by atoms with Crippen LogP contribution in [0.4, 0.5) is 0 Å². The monoisotopic (exact) mass is 145 g/mol. The van der Waals surface area contributed by atoms with Gasteiger partial charge in [0.05, 0.1) is 5.30 Å². The molecule has 2 N–H and O–H groups in total. The van der Waals surface area contributed by atoms with Crippen LogP contribution in [-0.2, 0) is 0 Å². The third kappa shape index (κ3) is 1.09. The lowest BCUT2D eigenvalue weighted by atomic mass is 10.5. The van der Waals surface area contributed by atoms with E-state index in [1.807, 2.05) is 5.80 Å². The summed E-state index contributed by atoms with van der Waals surface area (Å²) in [7, 11) is 1.81. The average Bonchev–Trinajstić information content (AvgIpc) is 2.12. The number of hydrogen-bond donors (Lipinski definition) is 1. The molecular weight excluding hydrogens is 140 g/mol. The van der Waals surface area contributed by atoms with Crippen molar-refractivity contribution in [2.24, 2.45) is 5.73 Å². The van der Waals surface area contributed by atoms with Crippen LogP contribution in [0.5, 0.6) is 0 Å². The summed E-state index contributed by atoms with van der Waals surface area (Å²) in [4.78, 5) is 10.3. The van der Waals surface area contributed by atoms with Gasteiger partial charge in [0, 0.05) is 0 Å². The van der Waals surface area contributed by atoms with E-state index in [2.05, 4.69) is 0 Å². The van der Waals surface area contributed by atoms with Gasteiger partial charge in [0.25, 0.3) is 5.91 Å². The predicted molar refractivity (Wildman–Crippen MR) is 37.0 cm³/mol. The number of primary amides is 1. The molecule has 0 radical (unpaired) electrons. The van der Waals surface area contributed by atoms with Gasteiger partial charge >= 0.3 is 0 Å². The van der Waals surface area contributed by atoms with Crippen molar-refractivity contribution in [2.75, 3.05) is 0 Å². The molecule has 0 aromatic carbocycles. The Morgan fingerprint density at radius 3 is 2.88 bits per heavy atom. The lowest BCUT2D eigenvalue weighted by molar-refractivity contribution is 0.100. The summed E-state index contributed by atoms with van der Waals surface area (Å²) >= 11 is 0. The first kappa shape index (κ1) is 5.81. The first-order valence-corrected chi connectivity index (χ1v) is 4.91. The minimum Gasteiger partial charge on any atom is -0.365 e. The molecule has 1 aromatic rings. The minimum atomic E-state index is -0.284. The number of amides is 1. The Balaban J connectivity index is 2.93. The molecule has 4 heteroatoms. The Labute approximate surface area is 50.2 Å². The average molecular weight is 145 g/mol. The fraction of sp³-hybridized carbons (Fsp3) is 0. The molecule has 0 aliphatic rings. The molecule has 0 saturated heterocycles. The van der Waals surface area contributed by atoms with Crippen LogP contribution in [0.25, 0.3) is 0 Å². The molecule has 8 heavy (non-hydrogen) atoms. The molecule has 1 aromatic heterocycles. The van der Waals surface area contributed by atoms with E-state index in [-0.39, 0.29) is 5.91 Å². The van der Waals surface area contributed by atoms with Crippen molar-refractivity contribution in [3.05, 3.63) is 17.2 Å². The quantitative estimate of drug-likeness (QED) is 0.637. The van der Waals surface area contributed by atoms with Crippen molar-refractivity contribution in [1.82, 2.24) is 0 Å². The molecule has 0 aliphatic heterocycles.